The minimum absolute atomic E-state index is 0.0922. The molecule has 7 nitrogen and oxygen atoms in total. The second kappa shape index (κ2) is 12.2. The lowest BCUT2D eigenvalue weighted by Crippen LogP contribution is -2.28. The number of carbonyl (C=O) groups excluding carboxylic acids is 1. The van der Waals surface area contributed by atoms with Gasteiger partial charge in [0.25, 0.3) is 0 Å². The van der Waals surface area contributed by atoms with Crippen LogP contribution in [0.25, 0.3) is 10.6 Å². The van der Waals surface area contributed by atoms with E-state index in [1.54, 1.807) is 14.2 Å². The summed E-state index contributed by atoms with van der Waals surface area (Å²) in [5, 5.41) is 5.83. The Labute approximate surface area is 198 Å². The molecule has 1 unspecified atom stereocenters. The van der Waals surface area contributed by atoms with Crippen LogP contribution in [0.2, 0.25) is 0 Å². The monoisotopic (exact) mass is 470 g/mol. The zero-order valence-corrected chi connectivity index (χ0v) is 20.2. The summed E-state index contributed by atoms with van der Waals surface area (Å²) in [6, 6.07) is 13.3. The average molecular weight is 471 g/mol. The number of thiazole rings is 1. The number of hydrogen-bond acceptors (Lipinski definition) is 7. The van der Waals surface area contributed by atoms with Crippen molar-refractivity contribution in [1.82, 2.24) is 10.3 Å². The fourth-order valence-electron chi connectivity index (χ4n) is 3.23. The molecule has 8 heteroatoms. The van der Waals surface area contributed by atoms with Gasteiger partial charge < -0.3 is 24.3 Å². The largest absolute Gasteiger partial charge is 0.494 e. The van der Waals surface area contributed by atoms with Gasteiger partial charge in [-0.05, 0) is 55.8 Å². The SMILES string of the molecule is CCOc1ccc(-c2nc(CC(=O)NC(C)c3ccc(OCCOC)c(OC)c3)cs2)cc1. The van der Waals surface area contributed by atoms with E-state index in [-0.39, 0.29) is 18.4 Å². The zero-order valence-electron chi connectivity index (χ0n) is 19.4. The molecular formula is C25H30N2O5S. The average Bonchev–Trinajstić information content (AvgIpc) is 3.28. The summed E-state index contributed by atoms with van der Waals surface area (Å²) in [5.41, 5.74) is 2.67. The van der Waals surface area contributed by atoms with E-state index in [0.29, 0.717) is 31.3 Å². The molecule has 0 aliphatic carbocycles. The number of ether oxygens (including phenoxy) is 4. The van der Waals surface area contributed by atoms with Crippen molar-refractivity contribution in [3.05, 3.63) is 59.1 Å². The van der Waals surface area contributed by atoms with Crippen molar-refractivity contribution in [2.45, 2.75) is 26.3 Å². The Bertz CT molecular complexity index is 1040. The molecule has 33 heavy (non-hydrogen) atoms. The highest BCUT2D eigenvalue weighted by molar-refractivity contribution is 7.13. The molecule has 1 atom stereocenters. The van der Waals surface area contributed by atoms with E-state index in [0.717, 1.165) is 27.6 Å². The number of amides is 1. The quantitative estimate of drug-likeness (QED) is 0.388. The Morgan fingerprint density at radius 3 is 2.55 bits per heavy atom. The number of methoxy groups -OCH3 is 2. The number of hydrogen-bond donors (Lipinski definition) is 1. The van der Waals surface area contributed by atoms with E-state index in [9.17, 15) is 4.79 Å². The second-order valence-corrected chi connectivity index (χ2v) is 8.18. The predicted octanol–water partition coefficient (Wildman–Crippen LogP) is 4.66. The first-order chi connectivity index (χ1) is 16.0. The maximum absolute atomic E-state index is 12.6. The first-order valence-electron chi connectivity index (χ1n) is 10.8. The Morgan fingerprint density at radius 1 is 1.06 bits per heavy atom. The molecule has 0 spiro atoms. The fourth-order valence-corrected chi connectivity index (χ4v) is 4.06. The molecule has 1 aromatic heterocycles. The molecule has 0 radical (unpaired) electrons. The number of carbonyl (C=O) groups is 1. The highest BCUT2D eigenvalue weighted by Crippen LogP contribution is 2.30. The smallest absolute Gasteiger partial charge is 0.226 e. The van der Waals surface area contributed by atoms with Gasteiger partial charge in [0.1, 0.15) is 17.4 Å². The fraction of sp³-hybridized carbons (Fsp3) is 0.360. The van der Waals surface area contributed by atoms with Gasteiger partial charge in [0, 0.05) is 18.1 Å². The highest BCUT2D eigenvalue weighted by atomic mass is 32.1. The van der Waals surface area contributed by atoms with Crippen LogP contribution < -0.4 is 19.5 Å². The Hall–Kier alpha value is -3.10. The van der Waals surface area contributed by atoms with Gasteiger partial charge in [-0.1, -0.05) is 6.07 Å². The van der Waals surface area contributed by atoms with Crippen molar-refractivity contribution >= 4 is 17.2 Å². The van der Waals surface area contributed by atoms with Gasteiger partial charge in [-0.25, -0.2) is 4.98 Å². The zero-order chi connectivity index (χ0) is 23.6. The van der Waals surface area contributed by atoms with Crippen LogP contribution in [0.4, 0.5) is 0 Å². The normalized spacial score (nSPS) is 11.6. The molecule has 1 heterocycles. The van der Waals surface area contributed by atoms with Gasteiger partial charge in [-0.3, -0.25) is 4.79 Å². The molecule has 0 bridgehead atoms. The Kier molecular flexibility index (Phi) is 9.09. The van der Waals surface area contributed by atoms with Gasteiger partial charge in [-0.2, -0.15) is 0 Å². The van der Waals surface area contributed by atoms with Crippen molar-refractivity contribution < 1.29 is 23.7 Å². The summed E-state index contributed by atoms with van der Waals surface area (Å²) in [4.78, 5) is 17.2. The third-order valence-corrected chi connectivity index (χ3v) is 5.86. The minimum atomic E-state index is -0.191. The summed E-state index contributed by atoms with van der Waals surface area (Å²) in [7, 11) is 3.22. The molecule has 1 N–H and O–H groups in total. The molecule has 3 aromatic rings. The molecule has 2 aromatic carbocycles. The summed E-state index contributed by atoms with van der Waals surface area (Å²) in [5.74, 6) is 1.99. The summed E-state index contributed by atoms with van der Waals surface area (Å²) >= 11 is 1.52. The predicted molar refractivity (Wildman–Crippen MR) is 129 cm³/mol. The Balaban J connectivity index is 1.58. The van der Waals surface area contributed by atoms with Crippen molar-refractivity contribution in [1.29, 1.82) is 0 Å². The third kappa shape index (κ3) is 6.94. The number of benzene rings is 2. The maximum atomic E-state index is 12.6. The van der Waals surface area contributed by atoms with Crippen molar-refractivity contribution in [2.24, 2.45) is 0 Å². The highest BCUT2D eigenvalue weighted by Gasteiger charge is 2.15. The van der Waals surface area contributed by atoms with E-state index >= 15 is 0 Å². The standard InChI is InChI=1S/C25H30N2O5S/c1-5-31-21-9-6-18(7-10-21)25-27-20(16-33-25)15-24(28)26-17(2)19-8-11-22(23(14-19)30-4)32-13-12-29-3/h6-11,14,16-17H,5,12-13,15H2,1-4H3,(H,26,28). The molecule has 0 saturated heterocycles. The number of aromatic nitrogens is 1. The van der Waals surface area contributed by atoms with Crippen molar-refractivity contribution in [2.75, 3.05) is 34.0 Å². The van der Waals surface area contributed by atoms with Crippen LogP contribution in [0, 0.1) is 0 Å². The Morgan fingerprint density at radius 2 is 1.85 bits per heavy atom. The first-order valence-corrected chi connectivity index (χ1v) is 11.7. The number of nitrogens with one attached hydrogen (secondary N) is 1. The lowest BCUT2D eigenvalue weighted by molar-refractivity contribution is -0.121. The summed E-state index contributed by atoms with van der Waals surface area (Å²) < 4.78 is 21.6. The number of rotatable bonds is 12. The van der Waals surface area contributed by atoms with Crippen LogP contribution in [0.5, 0.6) is 17.2 Å². The maximum Gasteiger partial charge on any atom is 0.226 e. The first kappa shape index (κ1) is 24.5. The molecule has 1 amide bonds. The van der Waals surface area contributed by atoms with Gasteiger partial charge >= 0.3 is 0 Å². The van der Waals surface area contributed by atoms with Crippen LogP contribution in [-0.4, -0.2) is 44.9 Å². The van der Waals surface area contributed by atoms with Crippen molar-refractivity contribution in [3.8, 4) is 27.8 Å². The lowest BCUT2D eigenvalue weighted by atomic mass is 10.1. The molecule has 176 valence electrons. The molecular weight excluding hydrogens is 440 g/mol. The lowest BCUT2D eigenvalue weighted by Gasteiger charge is -2.17. The minimum Gasteiger partial charge on any atom is -0.494 e. The van der Waals surface area contributed by atoms with Crippen LogP contribution >= 0.6 is 11.3 Å². The number of nitrogens with zero attached hydrogens (tertiary/aromatic N) is 1. The van der Waals surface area contributed by atoms with E-state index < -0.39 is 0 Å². The van der Waals surface area contributed by atoms with Gasteiger partial charge in [0.15, 0.2) is 11.5 Å². The van der Waals surface area contributed by atoms with Crippen molar-refractivity contribution in [3.63, 3.8) is 0 Å². The van der Waals surface area contributed by atoms with Crippen LogP contribution in [0.15, 0.2) is 47.8 Å². The second-order valence-electron chi connectivity index (χ2n) is 7.32. The van der Waals surface area contributed by atoms with Gasteiger partial charge in [-0.15, -0.1) is 11.3 Å². The van der Waals surface area contributed by atoms with E-state index in [2.05, 4.69) is 10.3 Å². The molecule has 0 fully saturated rings. The molecule has 3 rings (SSSR count). The van der Waals surface area contributed by atoms with E-state index in [4.69, 9.17) is 18.9 Å². The molecule has 0 aliphatic rings. The molecule has 0 aliphatic heterocycles. The van der Waals surface area contributed by atoms with E-state index in [1.807, 2.05) is 61.7 Å². The third-order valence-electron chi connectivity index (χ3n) is 4.92. The van der Waals surface area contributed by atoms with Crippen LogP contribution in [-0.2, 0) is 16.0 Å². The van der Waals surface area contributed by atoms with Gasteiger partial charge in [0.2, 0.25) is 5.91 Å². The summed E-state index contributed by atoms with van der Waals surface area (Å²) in [6.45, 7) is 5.45. The van der Waals surface area contributed by atoms with Crippen LogP contribution in [0.1, 0.15) is 31.1 Å². The van der Waals surface area contributed by atoms with Crippen LogP contribution in [0.3, 0.4) is 0 Å². The van der Waals surface area contributed by atoms with E-state index in [1.165, 1.54) is 11.3 Å². The van der Waals surface area contributed by atoms with Gasteiger partial charge in [0.05, 0.1) is 38.5 Å². The summed E-state index contributed by atoms with van der Waals surface area (Å²) in [6.07, 6.45) is 0.215. The topological polar surface area (TPSA) is 78.9 Å². The molecule has 0 saturated carbocycles.